The number of aromatic nitrogens is 3. The van der Waals surface area contributed by atoms with Crippen molar-refractivity contribution in [3.8, 4) is 0 Å². The van der Waals surface area contributed by atoms with Gasteiger partial charge in [0.15, 0.2) is 0 Å². The van der Waals surface area contributed by atoms with Crippen LogP contribution in [-0.2, 0) is 19.6 Å². The predicted molar refractivity (Wildman–Crippen MR) is 63.0 cm³/mol. The van der Waals surface area contributed by atoms with Crippen LogP contribution in [0.4, 0.5) is 17.6 Å². The minimum Gasteiger partial charge on any atom is -0.324 e. The van der Waals surface area contributed by atoms with E-state index < -0.39 is 23.6 Å². The van der Waals surface area contributed by atoms with Crippen molar-refractivity contribution in [2.75, 3.05) is 0 Å². The molecule has 0 bridgehead atoms. The number of hydrogen-bond acceptors (Lipinski definition) is 3. The first kappa shape index (κ1) is 14.4. The smallest absolute Gasteiger partial charge is 0.324 e. The lowest BCUT2D eigenvalue weighted by atomic mass is 10.0. The van der Waals surface area contributed by atoms with Crippen LogP contribution in [0.3, 0.4) is 0 Å². The van der Waals surface area contributed by atoms with Gasteiger partial charge in [-0.2, -0.15) is 18.3 Å². The van der Waals surface area contributed by atoms with Crippen molar-refractivity contribution in [1.29, 1.82) is 0 Å². The molecule has 20 heavy (non-hydrogen) atoms. The van der Waals surface area contributed by atoms with E-state index in [1.165, 1.54) is 17.1 Å². The molecule has 1 heterocycles. The number of rotatable bonds is 3. The van der Waals surface area contributed by atoms with Gasteiger partial charge in [0.25, 0.3) is 0 Å². The molecule has 1 aromatic heterocycles. The highest BCUT2D eigenvalue weighted by Gasteiger charge is 2.34. The van der Waals surface area contributed by atoms with Gasteiger partial charge in [-0.05, 0) is 17.7 Å². The number of benzene rings is 1. The van der Waals surface area contributed by atoms with Crippen LogP contribution in [0.1, 0.15) is 23.0 Å². The van der Waals surface area contributed by atoms with Gasteiger partial charge >= 0.3 is 6.18 Å². The van der Waals surface area contributed by atoms with Crippen LogP contribution >= 0.6 is 0 Å². The van der Waals surface area contributed by atoms with E-state index in [4.69, 9.17) is 5.73 Å². The van der Waals surface area contributed by atoms with Gasteiger partial charge in [0.1, 0.15) is 18.0 Å². The molecule has 2 N–H and O–H groups in total. The second kappa shape index (κ2) is 5.20. The van der Waals surface area contributed by atoms with Crippen LogP contribution in [0.15, 0.2) is 24.5 Å². The third-order valence-electron chi connectivity index (χ3n) is 2.93. The summed E-state index contributed by atoms with van der Waals surface area (Å²) in [5.41, 5.74) is 4.73. The first-order chi connectivity index (χ1) is 9.29. The maximum Gasteiger partial charge on any atom is 0.419 e. The summed E-state index contributed by atoms with van der Waals surface area (Å²) in [7, 11) is 1.65. The minimum atomic E-state index is -4.75. The number of hydrogen-bond donors (Lipinski definition) is 1. The van der Waals surface area contributed by atoms with Gasteiger partial charge < -0.3 is 5.73 Å². The Kier molecular flexibility index (Phi) is 3.76. The maximum atomic E-state index is 13.2. The predicted octanol–water partition coefficient (Wildman–Crippen LogP) is 2.22. The van der Waals surface area contributed by atoms with Crippen molar-refractivity contribution in [3.05, 3.63) is 47.3 Å². The van der Waals surface area contributed by atoms with E-state index in [2.05, 4.69) is 10.1 Å². The van der Waals surface area contributed by atoms with Crippen molar-refractivity contribution in [2.24, 2.45) is 12.8 Å². The van der Waals surface area contributed by atoms with Crippen molar-refractivity contribution >= 4 is 0 Å². The number of nitrogens with zero attached hydrogens (tertiary/aromatic N) is 3. The molecule has 2 aromatic rings. The van der Waals surface area contributed by atoms with Gasteiger partial charge in [0.2, 0.25) is 0 Å². The molecule has 1 aromatic carbocycles. The van der Waals surface area contributed by atoms with E-state index in [1.54, 1.807) is 7.05 Å². The second-order valence-corrected chi connectivity index (χ2v) is 4.35. The SMILES string of the molecule is Cn1ncnc1CC(N)c1ccc(F)c(C(F)(F)F)c1. The summed E-state index contributed by atoms with van der Waals surface area (Å²) in [5.74, 6) is -0.775. The molecular formula is C12H12F4N4. The second-order valence-electron chi connectivity index (χ2n) is 4.35. The first-order valence-corrected chi connectivity index (χ1v) is 5.74. The highest BCUT2D eigenvalue weighted by molar-refractivity contribution is 5.29. The Morgan fingerprint density at radius 2 is 2.05 bits per heavy atom. The fraction of sp³-hybridized carbons (Fsp3) is 0.333. The number of nitrogens with two attached hydrogens (primary N) is 1. The Balaban J connectivity index is 2.27. The van der Waals surface area contributed by atoms with Crippen molar-refractivity contribution in [1.82, 2.24) is 14.8 Å². The Morgan fingerprint density at radius 3 is 2.60 bits per heavy atom. The van der Waals surface area contributed by atoms with E-state index in [0.717, 1.165) is 12.1 Å². The molecule has 0 aliphatic carbocycles. The van der Waals surface area contributed by atoms with Gasteiger partial charge in [0.05, 0.1) is 5.56 Å². The molecule has 8 heteroatoms. The average molecular weight is 288 g/mol. The Hall–Kier alpha value is -1.96. The molecule has 1 atom stereocenters. The maximum absolute atomic E-state index is 13.2. The summed E-state index contributed by atoms with van der Waals surface area (Å²) in [5, 5.41) is 3.84. The van der Waals surface area contributed by atoms with Crippen LogP contribution in [0.2, 0.25) is 0 Å². The lowest BCUT2D eigenvalue weighted by Gasteiger charge is -2.14. The van der Waals surface area contributed by atoms with E-state index in [9.17, 15) is 17.6 Å². The van der Waals surface area contributed by atoms with Crippen molar-refractivity contribution in [3.63, 3.8) is 0 Å². The van der Waals surface area contributed by atoms with E-state index in [1.807, 2.05) is 0 Å². The van der Waals surface area contributed by atoms with Gasteiger partial charge in [0, 0.05) is 19.5 Å². The summed E-state index contributed by atoms with van der Waals surface area (Å²) in [4.78, 5) is 3.95. The quantitative estimate of drug-likeness (QED) is 0.881. The van der Waals surface area contributed by atoms with Crippen LogP contribution in [0.5, 0.6) is 0 Å². The molecule has 0 aliphatic rings. The zero-order chi connectivity index (χ0) is 14.9. The molecule has 0 spiro atoms. The highest BCUT2D eigenvalue weighted by atomic mass is 19.4. The zero-order valence-corrected chi connectivity index (χ0v) is 10.5. The van der Waals surface area contributed by atoms with Gasteiger partial charge in [-0.3, -0.25) is 4.68 Å². The molecule has 1 unspecified atom stereocenters. The van der Waals surface area contributed by atoms with E-state index >= 15 is 0 Å². The summed E-state index contributed by atoms with van der Waals surface area (Å²) in [6.45, 7) is 0. The topological polar surface area (TPSA) is 56.7 Å². The molecule has 2 rings (SSSR count). The summed E-state index contributed by atoms with van der Waals surface area (Å²) in [6, 6.07) is 2.02. The Bertz CT molecular complexity index is 606. The van der Waals surface area contributed by atoms with Crippen LogP contribution in [0.25, 0.3) is 0 Å². The standard InChI is InChI=1S/C12H12F4N4/c1-20-11(18-6-19-20)5-10(17)7-2-3-9(13)8(4-7)12(14,15)16/h2-4,6,10H,5,17H2,1H3. The van der Waals surface area contributed by atoms with Gasteiger partial charge in [-0.1, -0.05) is 6.07 Å². The zero-order valence-electron chi connectivity index (χ0n) is 10.5. The number of alkyl halides is 3. The molecule has 0 saturated heterocycles. The lowest BCUT2D eigenvalue weighted by Crippen LogP contribution is -2.18. The molecular weight excluding hydrogens is 276 g/mol. The lowest BCUT2D eigenvalue weighted by molar-refractivity contribution is -0.140. The van der Waals surface area contributed by atoms with E-state index in [0.29, 0.717) is 5.82 Å². The van der Waals surface area contributed by atoms with Crippen molar-refractivity contribution in [2.45, 2.75) is 18.6 Å². The monoisotopic (exact) mass is 288 g/mol. The Morgan fingerprint density at radius 1 is 1.35 bits per heavy atom. The number of halogens is 4. The normalized spacial score (nSPS) is 13.5. The third kappa shape index (κ3) is 2.96. The molecule has 108 valence electrons. The largest absolute Gasteiger partial charge is 0.419 e. The van der Waals surface area contributed by atoms with Gasteiger partial charge in [-0.25, -0.2) is 9.37 Å². The molecule has 0 radical (unpaired) electrons. The highest BCUT2D eigenvalue weighted by Crippen LogP contribution is 2.33. The third-order valence-corrected chi connectivity index (χ3v) is 2.93. The van der Waals surface area contributed by atoms with E-state index in [-0.39, 0.29) is 12.0 Å². The van der Waals surface area contributed by atoms with Crippen LogP contribution in [-0.4, -0.2) is 14.8 Å². The van der Waals surface area contributed by atoms with Crippen LogP contribution < -0.4 is 5.73 Å². The fourth-order valence-electron chi connectivity index (χ4n) is 1.81. The van der Waals surface area contributed by atoms with Crippen molar-refractivity contribution < 1.29 is 17.6 Å². The molecule has 0 amide bonds. The first-order valence-electron chi connectivity index (χ1n) is 5.74. The van der Waals surface area contributed by atoms with Gasteiger partial charge in [-0.15, -0.1) is 0 Å². The summed E-state index contributed by atoms with van der Waals surface area (Å²) in [6.07, 6.45) is -3.21. The summed E-state index contributed by atoms with van der Waals surface area (Å²) >= 11 is 0. The fourth-order valence-corrected chi connectivity index (χ4v) is 1.81. The molecule has 0 fully saturated rings. The Labute approximate surface area is 112 Å². The molecule has 0 aliphatic heterocycles. The van der Waals surface area contributed by atoms with Crippen LogP contribution in [0, 0.1) is 5.82 Å². The minimum absolute atomic E-state index is 0.196. The average Bonchev–Trinajstić information content (AvgIpc) is 2.74. The molecule has 0 saturated carbocycles. The number of aryl methyl sites for hydroxylation is 1. The molecule has 4 nitrogen and oxygen atoms in total. The summed E-state index contributed by atoms with van der Waals surface area (Å²) < 4.78 is 52.5.